The van der Waals surface area contributed by atoms with Crippen LogP contribution in [0.1, 0.15) is 34.4 Å². The number of rotatable bonds is 5. The molecule has 2 aliphatic rings. The van der Waals surface area contributed by atoms with Crippen molar-refractivity contribution in [2.24, 2.45) is 10.1 Å². The molecule has 7 rings (SSSR count). The summed E-state index contributed by atoms with van der Waals surface area (Å²) in [5, 5.41) is 14.4. The van der Waals surface area contributed by atoms with Crippen LogP contribution in [-0.4, -0.2) is 41.1 Å². The Bertz CT molecular complexity index is 1730. The van der Waals surface area contributed by atoms with E-state index < -0.39 is 0 Å². The van der Waals surface area contributed by atoms with Crippen LogP contribution in [0.25, 0.3) is 17.6 Å². The van der Waals surface area contributed by atoms with E-state index in [1.54, 1.807) is 42.3 Å². The van der Waals surface area contributed by atoms with E-state index in [0.717, 1.165) is 33.4 Å². The van der Waals surface area contributed by atoms with Crippen LogP contribution in [0.15, 0.2) is 104 Å². The maximum Gasteiger partial charge on any atom is 0.286 e. The van der Waals surface area contributed by atoms with E-state index in [0.29, 0.717) is 22.3 Å². The second-order valence-electron chi connectivity index (χ2n) is 8.95. The summed E-state index contributed by atoms with van der Waals surface area (Å²) in [4.78, 5) is 23.2. The molecule has 1 amide bonds. The first kappa shape index (κ1) is 23.6. The molecule has 5 aromatic rings. The van der Waals surface area contributed by atoms with Crippen LogP contribution in [0.5, 0.6) is 0 Å². The van der Waals surface area contributed by atoms with Gasteiger partial charge in [-0.05, 0) is 54.4 Å². The van der Waals surface area contributed by atoms with E-state index in [1.165, 1.54) is 11.8 Å². The Morgan fingerprint density at radius 2 is 2.00 bits per heavy atom. The number of benzene rings is 1. The molecule has 1 aromatic carbocycles. The number of furan rings is 1. The highest BCUT2D eigenvalue weighted by Crippen LogP contribution is 2.43. The molecule has 1 unspecified atom stereocenters. The summed E-state index contributed by atoms with van der Waals surface area (Å²) >= 11 is 2.95. The third-order valence-corrected chi connectivity index (χ3v) is 8.39. The first-order valence-corrected chi connectivity index (χ1v) is 14.0. The Morgan fingerprint density at radius 1 is 1.10 bits per heavy atom. The highest BCUT2D eigenvalue weighted by atomic mass is 32.2. The molecule has 1 atom stereocenters. The third-order valence-electron chi connectivity index (χ3n) is 6.50. The van der Waals surface area contributed by atoms with Gasteiger partial charge in [-0.3, -0.25) is 9.36 Å². The summed E-state index contributed by atoms with van der Waals surface area (Å²) in [6, 6.07) is 17.5. The van der Waals surface area contributed by atoms with E-state index >= 15 is 0 Å². The summed E-state index contributed by atoms with van der Waals surface area (Å²) in [6.07, 6.45) is 9.37. The molecule has 11 heteroatoms. The van der Waals surface area contributed by atoms with E-state index in [4.69, 9.17) is 14.6 Å². The average Bonchev–Trinajstić information content (AvgIpc) is 3.78. The standard InChI is InChI=1S/C28H21N7O2S2/c1-18-25(27(33-12-11-29-17-33)34(31-18)19-7-3-2-4-8-19)22-16-21(23-10-6-14-38-23)32-35(22)28-30-26(36)24(39-28)15-20-9-5-13-37-20/h2-15,17,22H,16H2,1H3/b24-15-. The average molecular weight is 552 g/mol. The topological polar surface area (TPSA) is 93.8 Å². The number of aryl methyl sites for hydroxylation is 1. The van der Waals surface area contributed by atoms with Crippen LogP contribution in [0.2, 0.25) is 0 Å². The smallest absolute Gasteiger partial charge is 0.286 e. The molecule has 9 nitrogen and oxygen atoms in total. The molecule has 6 heterocycles. The first-order valence-electron chi connectivity index (χ1n) is 12.3. The fourth-order valence-corrected chi connectivity index (χ4v) is 6.42. The normalized spacial score (nSPS) is 18.3. The van der Waals surface area contributed by atoms with Crippen molar-refractivity contribution in [2.75, 3.05) is 0 Å². The number of para-hydroxylation sites is 1. The molecular weight excluding hydrogens is 530 g/mol. The van der Waals surface area contributed by atoms with E-state index in [2.05, 4.69) is 16.0 Å². The van der Waals surface area contributed by atoms with Gasteiger partial charge in [0.1, 0.15) is 17.9 Å². The Hall–Kier alpha value is -4.48. The summed E-state index contributed by atoms with van der Waals surface area (Å²) in [5.74, 6) is 1.16. The number of aromatic nitrogens is 4. The minimum atomic E-state index is -0.309. The van der Waals surface area contributed by atoms with Crippen molar-refractivity contribution < 1.29 is 9.21 Å². The minimum absolute atomic E-state index is 0.237. The number of thiophene rings is 1. The maximum absolute atomic E-state index is 12.9. The van der Waals surface area contributed by atoms with Gasteiger partial charge in [0.05, 0.1) is 39.2 Å². The van der Waals surface area contributed by atoms with Crippen molar-refractivity contribution in [1.29, 1.82) is 0 Å². The van der Waals surface area contributed by atoms with Crippen molar-refractivity contribution in [3.63, 3.8) is 0 Å². The number of nitrogens with zero attached hydrogens (tertiary/aromatic N) is 7. The zero-order valence-corrected chi connectivity index (χ0v) is 22.3. The first-order chi connectivity index (χ1) is 19.2. The van der Waals surface area contributed by atoms with Gasteiger partial charge in [-0.2, -0.15) is 15.2 Å². The molecule has 0 fully saturated rings. The Labute approximate surface area is 231 Å². The molecule has 4 aromatic heterocycles. The van der Waals surface area contributed by atoms with Gasteiger partial charge in [0.2, 0.25) is 0 Å². The second kappa shape index (κ2) is 9.68. The van der Waals surface area contributed by atoms with Crippen LogP contribution in [0, 0.1) is 6.92 Å². The predicted molar refractivity (Wildman–Crippen MR) is 152 cm³/mol. The van der Waals surface area contributed by atoms with Crippen LogP contribution in [0.4, 0.5) is 0 Å². The largest absolute Gasteiger partial charge is 0.465 e. The number of hydrazone groups is 1. The van der Waals surface area contributed by atoms with Crippen molar-refractivity contribution in [1.82, 2.24) is 24.3 Å². The molecule has 192 valence electrons. The molecule has 0 saturated heterocycles. The van der Waals surface area contributed by atoms with E-state index in [9.17, 15) is 4.79 Å². The maximum atomic E-state index is 12.9. The van der Waals surface area contributed by atoms with Crippen molar-refractivity contribution in [2.45, 2.75) is 19.4 Å². The highest BCUT2D eigenvalue weighted by molar-refractivity contribution is 8.18. The number of aliphatic imine (C=N–C) groups is 1. The van der Waals surface area contributed by atoms with Crippen molar-refractivity contribution >= 4 is 46.0 Å². The zero-order chi connectivity index (χ0) is 26.3. The van der Waals surface area contributed by atoms with Gasteiger partial charge in [-0.15, -0.1) is 11.3 Å². The van der Waals surface area contributed by atoms with Gasteiger partial charge in [-0.25, -0.2) is 14.7 Å². The fourth-order valence-electron chi connectivity index (χ4n) is 4.80. The minimum Gasteiger partial charge on any atom is -0.465 e. The number of amidine groups is 1. The van der Waals surface area contributed by atoms with Gasteiger partial charge in [0.15, 0.2) is 5.17 Å². The molecule has 0 spiro atoms. The fraction of sp³-hybridized carbons (Fsp3) is 0.107. The van der Waals surface area contributed by atoms with Gasteiger partial charge < -0.3 is 4.42 Å². The molecular formula is C28H21N7O2S2. The van der Waals surface area contributed by atoms with Crippen molar-refractivity contribution in [3.05, 3.63) is 112 Å². The summed E-state index contributed by atoms with van der Waals surface area (Å²) < 4.78 is 9.33. The number of hydrogen-bond donors (Lipinski definition) is 0. The second-order valence-corrected chi connectivity index (χ2v) is 10.9. The van der Waals surface area contributed by atoms with Crippen LogP contribution < -0.4 is 0 Å². The lowest BCUT2D eigenvalue weighted by Gasteiger charge is -2.23. The van der Waals surface area contributed by atoms with Crippen LogP contribution in [0.3, 0.4) is 0 Å². The number of hydrogen-bond acceptors (Lipinski definition) is 8. The van der Waals surface area contributed by atoms with Gasteiger partial charge in [0.25, 0.3) is 5.91 Å². The number of amides is 1. The lowest BCUT2D eigenvalue weighted by Crippen LogP contribution is -2.25. The van der Waals surface area contributed by atoms with Gasteiger partial charge >= 0.3 is 0 Å². The molecule has 0 aliphatic carbocycles. The molecule has 2 aliphatic heterocycles. The number of carbonyl (C=O) groups excluding carboxylic acids is 1. The van der Waals surface area contributed by atoms with E-state index in [-0.39, 0.29) is 11.9 Å². The van der Waals surface area contributed by atoms with Crippen LogP contribution >= 0.6 is 23.1 Å². The summed E-state index contributed by atoms with van der Waals surface area (Å²) in [5.41, 5.74) is 3.73. The third kappa shape index (κ3) is 4.25. The monoisotopic (exact) mass is 551 g/mol. The lowest BCUT2D eigenvalue weighted by atomic mass is 10.0. The van der Waals surface area contributed by atoms with E-state index in [1.807, 2.05) is 75.2 Å². The Kier molecular flexibility index (Phi) is 5.86. The highest BCUT2D eigenvalue weighted by Gasteiger charge is 2.40. The Balaban J connectivity index is 1.35. The molecule has 39 heavy (non-hydrogen) atoms. The number of thioether (sulfide) groups is 1. The van der Waals surface area contributed by atoms with Crippen molar-refractivity contribution in [3.8, 4) is 11.5 Å². The number of imidazole rings is 1. The van der Waals surface area contributed by atoms with Gasteiger partial charge in [0, 0.05) is 30.5 Å². The molecule has 0 N–H and O–H groups in total. The SMILES string of the molecule is Cc1nn(-c2ccccc2)c(-n2ccnc2)c1C1CC(c2cccs2)=NN1C1=NC(=O)/C(=C/c2ccco2)S1. The quantitative estimate of drug-likeness (QED) is 0.255. The van der Waals surface area contributed by atoms with Gasteiger partial charge in [-0.1, -0.05) is 24.3 Å². The Morgan fingerprint density at radius 3 is 2.74 bits per heavy atom. The lowest BCUT2D eigenvalue weighted by molar-refractivity contribution is -0.113. The predicted octanol–water partition coefficient (Wildman–Crippen LogP) is 5.84. The summed E-state index contributed by atoms with van der Waals surface area (Å²) in [7, 11) is 0. The molecule has 0 bridgehead atoms. The number of carbonyl (C=O) groups is 1. The zero-order valence-electron chi connectivity index (χ0n) is 20.7. The molecule has 0 saturated carbocycles. The summed E-state index contributed by atoms with van der Waals surface area (Å²) in [6.45, 7) is 2.01. The molecule has 0 radical (unpaired) electrons. The van der Waals surface area contributed by atoms with Crippen LogP contribution in [-0.2, 0) is 4.79 Å².